The molecule has 1 saturated heterocycles. The molecule has 0 unspecified atom stereocenters. The summed E-state index contributed by atoms with van der Waals surface area (Å²) in [6.07, 6.45) is 7.10. The van der Waals surface area contributed by atoms with Crippen molar-refractivity contribution < 1.29 is 0 Å². The molecule has 1 aliphatic heterocycles. The largest absolute Gasteiger partial charge is 0.368 e. The van der Waals surface area contributed by atoms with Crippen molar-refractivity contribution in [3.05, 3.63) is 59.5 Å². The lowest BCUT2D eigenvalue weighted by atomic mass is 10.2. The molecule has 4 aromatic rings. The normalized spacial score (nSPS) is 15.0. The summed E-state index contributed by atoms with van der Waals surface area (Å²) >= 11 is 0. The lowest BCUT2D eigenvalue weighted by Crippen LogP contribution is -2.47. The van der Waals surface area contributed by atoms with Gasteiger partial charge in [0.1, 0.15) is 5.52 Å². The second kappa shape index (κ2) is 6.88. The molecule has 1 fully saturated rings. The van der Waals surface area contributed by atoms with E-state index in [-0.39, 0.29) is 11.6 Å². The standard InChI is InChI=1S/C21H23N7O/c1-15(2)27-14-23-18-13-16(3-4-17(18)21(27)29)25-9-11-26(12-10-25)20-19-5-6-24-28(19)8-7-22-20/h3-8,13-15H,9-12H2,1-2H3. The van der Waals surface area contributed by atoms with E-state index < -0.39 is 0 Å². The highest BCUT2D eigenvalue weighted by atomic mass is 16.1. The van der Waals surface area contributed by atoms with E-state index in [1.165, 1.54) is 0 Å². The van der Waals surface area contributed by atoms with Crippen LogP contribution in [-0.2, 0) is 0 Å². The average Bonchev–Trinajstić information content (AvgIpc) is 3.22. The quantitative estimate of drug-likeness (QED) is 0.536. The van der Waals surface area contributed by atoms with Crippen LogP contribution in [0.2, 0.25) is 0 Å². The van der Waals surface area contributed by atoms with Crippen molar-refractivity contribution in [2.75, 3.05) is 36.0 Å². The molecule has 1 aliphatic rings. The summed E-state index contributed by atoms with van der Waals surface area (Å²) in [5.41, 5.74) is 2.89. The molecule has 148 valence electrons. The Bertz CT molecular complexity index is 1230. The van der Waals surface area contributed by atoms with Gasteiger partial charge in [-0.3, -0.25) is 9.36 Å². The van der Waals surface area contributed by atoms with Crippen molar-refractivity contribution in [1.29, 1.82) is 0 Å². The Hall–Kier alpha value is -3.42. The van der Waals surface area contributed by atoms with Gasteiger partial charge in [0.15, 0.2) is 5.82 Å². The van der Waals surface area contributed by atoms with Crippen molar-refractivity contribution in [3.8, 4) is 0 Å². The predicted octanol–water partition coefficient (Wildman–Crippen LogP) is 2.35. The molecule has 1 aromatic carbocycles. The molecule has 0 aliphatic carbocycles. The fourth-order valence-electron chi connectivity index (χ4n) is 3.95. The van der Waals surface area contributed by atoms with Crippen LogP contribution in [0, 0.1) is 0 Å². The topological polar surface area (TPSA) is 71.6 Å². The molecule has 4 heterocycles. The van der Waals surface area contributed by atoms with E-state index in [2.05, 4.69) is 24.9 Å². The van der Waals surface area contributed by atoms with Crippen molar-refractivity contribution in [2.24, 2.45) is 0 Å². The Labute approximate surface area is 168 Å². The molecule has 0 bridgehead atoms. The van der Waals surface area contributed by atoms with Gasteiger partial charge in [0, 0.05) is 50.3 Å². The van der Waals surface area contributed by atoms with Crippen LogP contribution in [0.15, 0.2) is 54.0 Å². The first-order chi connectivity index (χ1) is 14.1. The van der Waals surface area contributed by atoms with Crippen LogP contribution in [0.1, 0.15) is 19.9 Å². The molecular formula is C21H23N7O. The number of anilines is 2. The van der Waals surface area contributed by atoms with Gasteiger partial charge < -0.3 is 9.80 Å². The van der Waals surface area contributed by atoms with Gasteiger partial charge >= 0.3 is 0 Å². The number of piperazine rings is 1. The second-order valence-corrected chi connectivity index (χ2v) is 7.64. The molecule has 3 aromatic heterocycles. The van der Waals surface area contributed by atoms with Crippen LogP contribution in [-0.4, -0.2) is 50.3 Å². The third-order valence-electron chi connectivity index (χ3n) is 5.57. The Morgan fingerprint density at radius 1 is 0.966 bits per heavy atom. The van der Waals surface area contributed by atoms with E-state index >= 15 is 0 Å². The third-order valence-corrected chi connectivity index (χ3v) is 5.57. The van der Waals surface area contributed by atoms with Crippen LogP contribution in [0.4, 0.5) is 11.5 Å². The molecule has 29 heavy (non-hydrogen) atoms. The summed E-state index contributed by atoms with van der Waals surface area (Å²) in [6.45, 7) is 7.48. The van der Waals surface area contributed by atoms with Crippen molar-refractivity contribution in [2.45, 2.75) is 19.9 Å². The molecule has 0 amide bonds. The molecule has 0 saturated carbocycles. The SMILES string of the molecule is CC(C)n1cnc2cc(N3CCN(c4nccn5nccc45)CC3)ccc2c1=O. The smallest absolute Gasteiger partial charge is 0.261 e. The Kier molecular flexibility index (Phi) is 4.19. The summed E-state index contributed by atoms with van der Waals surface area (Å²) in [6, 6.07) is 8.04. The average molecular weight is 389 g/mol. The van der Waals surface area contributed by atoms with Gasteiger partial charge in [0.25, 0.3) is 5.56 Å². The van der Waals surface area contributed by atoms with Crippen LogP contribution in [0.5, 0.6) is 0 Å². The fraction of sp³-hybridized carbons (Fsp3) is 0.333. The molecule has 8 nitrogen and oxygen atoms in total. The summed E-state index contributed by atoms with van der Waals surface area (Å²) in [7, 11) is 0. The Balaban J connectivity index is 1.38. The number of rotatable bonds is 3. The van der Waals surface area contributed by atoms with E-state index in [0.717, 1.165) is 48.7 Å². The summed E-state index contributed by atoms with van der Waals surface area (Å²) < 4.78 is 3.53. The number of fused-ring (bicyclic) bond motifs is 2. The highest BCUT2D eigenvalue weighted by Crippen LogP contribution is 2.24. The van der Waals surface area contributed by atoms with Crippen LogP contribution < -0.4 is 15.4 Å². The fourth-order valence-corrected chi connectivity index (χ4v) is 3.95. The first-order valence-electron chi connectivity index (χ1n) is 9.91. The highest BCUT2D eigenvalue weighted by Gasteiger charge is 2.21. The minimum absolute atomic E-state index is 0.0151. The lowest BCUT2D eigenvalue weighted by Gasteiger charge is -2.36. The van der Waals surface area contributed by atoms with Crippen molar-refractivity contribution >= 4 is 27.9 Å². The van der Waals surface area contributed by atoms with Gasteiger partial charge in [0.2, 0.25) is 0 Å². The summed E-state index contributed by atoms with van der Waals surface area (Å²) in [5, 5.41) is 4.96. The van der Waals surface area contributed by atoms with Crippen LogP contribution >= 0.6 is 0 Å². The highest BCUT2D eigenvalue weighted by molar-refractivity contribution is 5.81. The molecule has 0 radical (unpaired) electrons. The third kappa shape index (κ3) is 3.00. The molecular weight excluding hydrogens is 366 g/mol. The van der Waals surface area contributed by atoms with Crippen molar-refractivity contribution in [3.63, 3.8) is 0 Å². The van der Waals surface area contributed by atoms with Crippen LogP contribution in [0.3, 0.4) is 0 Å². The second-order valence-electron chi connectivity index (χ2n) is 7.64. The van der Waals surface area contributed by atoms with Crippen molar-refractivity contribution in [1.82, 2.24) is 24.1 Å². The van der Waals surface area contributed by atoms with Gasteiger partial charge in [-0.25, -0.2) is 14.5 Å². The number of hydrogen-bond acceptors (Lipinski definition) is 6. The maximum atomic E-state index is 12.6. The number of nitrogens with zero attached hydrogens (tertiary/aromatic N) is 7. The van der Waals surface area contributed by atoms with Gasteiger partial charge in [-0.2, -0.15) is 5.10 Å². The van der Waals surface area contributed by atoms with Gasteiger partial charge in [-0.1, -0.05) is 0 Å². The van der Waals surface area contributed by atoms with Gasteiger partial charge in [-0.15, -0.1) is 0 Å². The lowest BCUT2D eigenvalue weighted by molar-refractivity contribution is 0.573. The maximum absolute atomic E-state index is 12.6. The monoisotopic (exact) mass is 389 g/mol. The first kappa shape index (κ1) is 17.7. The van der Waals surface area contributed by atoms with E-state index in [4.69, 9.17) is 0 Å². The minimum atomic E-state index is 0.0151. The Morgan fingerprint density at radius 3 is 2.55 bits per heavy atom. The number of benzene rings is 1. The van der Waals surface area contributed by atoms with E-state index in [1.807, 2.05) is 48.8 Å². The van der Waals surface area contributed by atoms with E-state index in [0.29, 0.717) is 5.39 Å². The van der Waals surface area contributed by atoms with E-state index in [1.54, 1.807) is 23.3 Å². The first-order valence-corrected chi connectivity index (χ1v) is 9.91. The zero-order valence-corrected chi connectivity index (χ0v) is 16.6. The molecule has 0 spiro atoms. The summed E-state index contributed by atoms with van der Waals surface area (Å²) in [5.74, 6) is 0.971. The zero-order valence-electron chi connectivity index (χ0n) is 16.6. The van der Waals surface area contributed by atoms with Gasteiger partial charge in [-0.05, 0) is 38.1 Å². The molecule has 0 atom stereocenters. The molecule has 5 rings (SSSR count). The molecule has 0 N–H and O–H groups in total. The molecule has 8 heteroatoms. The predicted molar refractivity (Wildman–Crippen MR) is 114 cm³/mol. The Morgan fingerprint density at radius 2 is 1.76 bits per heavy atom. The number of hydrogen-bond donors (Lipinski definition) is 0. The minimum Gasteiger partial charge on any atom is -0.368 e. The van der Waals surface area contributed by atoms with Crippen LogP contribution in [0.25, 0.3) is 16.4 Å². The maximum Gasteiger partial charge on any atom is 0.261 e. The number of aromatic nitrogens is 5. The summed E-state index contributed by atoms with van der Waals surface area (Å²) in [4.78, 5) is 26.4. The zero-order chi connectivity index (χ0) is 20.0. The van der Waals surface area contributed by atoms with Gasteiger partial charge in [0.05, 0.1) is 23.4 Å². The van der Waals surface area contributed by atoms with E-state index in [9.17, 15) is 4.79 Å².